The van der Waals surface area contributed by atoms with Gasteiger partial charge in [0, 0.05) is 6.04 Å². The number of ether oxygens (including phenoxy) is 2. The first kappa shape index (κ1) is 13.9. The third-order valence-electron chi connectivity index (χ3n) is 3.58. The maximum absolute atomic E-state index is 11.7. The number of carbonyl (C=O) groups excluding carboxylic acids is 1. The fourth-order valence-corrected chi connectivity index (χ4v) is 2.45. The molecule has 1 aromatic carbocycles. The first-order valence-electron chi connectivity index (χ1n) is 6.72. The highest BCUT2D eigenvalue weighted by molar-refractivity contribution is 5.97. The summed E-state index contributed by atoms with van der Waals surface area (Å²) in [6.07, 6.45) is 3.91. The maximum atomic E-state index is 11.7. The molecule has 2 rings (SSSR count). The predicted molar refractivity (Wildman–Crippen MR) is 73.9 cm³/mol. The Morgan fingerprint density at radius 2 is 1.95 bits per heavy atom. The van der Waals surface area contributed by atoms with Crippen LogP contribution in [0.4, 0.5) is 0 Å². The van der Waals surface area contributed by atoms with E-state index < -0.39 is 0 Å². The van der Waals surface area contributed by atoms with Gasteiger partial charge in [-0.3, -0.25) is 4.79 Å². The molecule has 0 spiro atoms. The second-order valence-electron chi connectivity index (χ2n) is 5.05. The Morgan fingerprint density at radius 1 is 1.26 bits per heavy atom. The zero-order chi connectivity index (χ0) is 13.8. The highest BCUT2D eigenvalue weighted by Gasteiger charge is 2.23. The molecule has 4 heteroatoms. The lowest BCUT2D eigenvalue weighted by atomic mass is 9.93. The Balaban J connectivity index is 2.20. The Labute approximate surface area is 113 Å². The van der Waals surface area contributed by atoms with Gasteiger partial charge in [-0.05, 0) is 44.7 Å². The van der Waals surface area contributed by atoms with Crippen LogP contribution in [-0.4, -0.2) is 25.0 Å². The van der Waals surface area contributed by atoms with Crippen LogP contribution < -0.4 is 15.2 Å². The van der Waals surface area contributed by atoms with Crippen LogP contribution in [0.5, 0.6) is 11.5 Å². The Morgan fingerprint density at radius 3 is 2.53 bits per heavy atom. The standard InChI is InChI=1S/C15H21NO3/c1-10(17)13-4-3-5-14(18-2)15(13)19-12-8-6-11(16)7-9-12/h3-5,11-12H,6-9,16H2,1-2H3. The zero-order valence-corrected chi connectivity index (χ0v) is 11.5. The van der Waals surface area contributed by atoms with E-state index in [0.717, 1.165) is 25.7 Å². The average Bonchev–Trinajstić information content (AvgIpc) is 2.41. The van der Waals surface area contributed by atoms with Crippen molar-refractivity contribution in [1.82, 2.24) is 0 Å². The van der Waals surface area contributed by atoms with Gasteiger partial charge in [0.2, 0.25) is 0 Å². The fourth-order valence-electron chi connectivity index (χ4n) is 2.45. The molecule has 104 valence electrons. The molecule has 0 atom stereocenters. The number of methoxy groups -OCH3 is 1. The van der Waals surface area contributed by atoms with E-state index in [1.165, 1.54) is 0 Å². The van der Waals surface area contributed by atoms with Crippen molar-refractivity contribution >= 4 is 5.78 Å². The topological polar surface area (TPSA) is 61.5 Å². The molecule has 0 saturated heterocycles. The molecule has 1 fully saturated rings. The normalized spacial score (nSPS) is 22.9. The minimum atomic E-state index is -0.0126. The van der Waals surface area contributed by atoms with Crippen molar-refractivity contribution in [2.75, 3.05) is 7.11 Å². The van der Waals surface area contributed by atoms with Crippen molar-refractivity contribution in [3.8, 4) is 11.5 Å². The van der Waals surface area contributed by atoms with Crippen molar-refractivity contribution in [3.63, 3.8) is 0 Å². The van der Waals surface area contributed by atoms with Gasteiger partial charge >= 0.3 is 0 Å². The molecule has 0 amide bonds. The number of Topliss-reactive ketones (excluding diaryl/α,β-unsaturated/α-hetero) is 1. The highest BCUT2D eigenvalue weighted by atomic mass is 16.5. The van der Waals surface area contributed by atoms with Crippen LogP contribution in [-0.2, 0) is 0 Å². The monoisotopic (exact) mass is 263 g/mol. The Bertz CT molecular complexity index is 451. The van der Waals surface area contributed by atoms with Crippen LogP contribution in [0.3, 0.4) is 0 Å². The van der Waals surface area contributed by atoms with Crippen LogP contribution in [0.2, 0.25) is 0 Å². The lowest BCUT2D eigenvalue weighted by Gasteiger charge is -2.28. The minimum absolute atomic E-state index is 0.0126. The number of carbonyl (C=O) groups is 1. The number of para-hydroxylation sites is 1. The van der Waals surface area contributed by atoms with Crippen molar-refractivity contribution in [3.05, 3.63) is 23.8 Å². The van der Waals surface area contributed by atoms with Crippen molar-refractivity contribution in [2.45, 2.75) is 44.8 Å². The first-order valence-corrected chi connectivity index (χ1v) is 6.72. The number of ketones is 1. The van der Waals surface area contributed by atoms with E-state index >= 15 is 0 Å². The van der Waals surface area contributed by atoms with Crippen molar-refractivity contribution in [2.24, 2.45) is 5.73 Å². The van der Waals surface area contributed by atoms with Crippen LogP contribution in [0.1, 0.15) is 43.0 Å². The molecule has 1 aromatic rings. The third-order valence-corrected chi connectivity index (χ3v) is 3.58. The second-order valence-corrected chi connectivity index (χ2v) is 5.05. The first-order chi connectivity index (χ1) is 9.11. The van der Waals surface area contributed by atoms with Crippen LogP contribution >= 0.6 is 0 Å². The van der Waals surface area contributed by atoms with Gasteiger partial charge in [0.05, 0.1) is 18.8 Å². The molecule has 0 radical (unpaired) electrons. The van der Waals surface area contributed by atoms with E-state index in [-0.39, 0.29) is 17.9 Å². The second kappa shape index (κ2) is 6.06. The van der Waals surface area contributed by atoms with E-state index in [0.29, 0.717) is 17.1 Å². The molecule has 1 aliphatic rings. The molecule has 0 aromatic heterocycles. The summed E-state index contributed by atoms with van der Waals surface area (Å²) in [6, 6.07) is 5.68. The smallest absolute Gasteiger partial charge is 0.172 e. The summed E-state index contributed by atoms with van der Waals surface area (Å²) in [4.78, 5) is 11.7. The molecule has 2 N–H and O–H groups in total. The zero-order valence-electron chi connectivity index (χ0n) is 11.5. The van der Waals surface area contributed by atoms with E-state index in [1.54, 1.807) is 26.2 Å². The summed E-state index contributed by atoms with van der Waals surface area (Å²) < 4.78 is 11.3. The molecule has 1 aliphatic carbocycles. The molecular formula is C15H21NO3. The van der Waals surface area contributed by atoms with Gasteiger partial charge in [-0.2, -0.15) is 0 Å². The fraction of sp³-hybridized carbons (Fsp3) is 0.533. The van der Waals surface area contributed by atoms with Gasteiger partial charge in [-0.15, -0.1) is 0 Å². The molecule has 0 unspecified atom stereocenters. The largest absolute Gasteiger partial charge is 0.493 e. The lowest BCUT2D eigenvalue weighted by Crippen LogP contribution is -2.32. The molecule has 0 bridgehead atoms. The van der Waals surface area contributed by atoms with Crippen LogP contribution in [0.25, 0.3) is 0 Å². The molecular weight excluding hydrogens is 242 g/mol. The third kappa shape index (κ3) is 3.26. The van der Waals surface area contributed by atoms with Crippen molar-refractivity contribution < 1.29 is 14.3 Å². The minimum Gasteiger partial charge on any atom is -0.493 e. The number of hydrogen-bond acceptors (Lipinski definition) is 4. The van der Waals surface area contributed by atoms with E-state index in [9.17, 15) is 4.79 Å². The Kier molecular flexibility index (Phi) is 4.43. The molecule has 0 aliphatic heterocycles. The summed E-state index contributed by atoms with van der Waals surface area (Å²) in [5, 5.41) is 0. The van der Waals surface area contributed by atoms with E-state index in [1.807, 2.05) is 6.07 Å². The number of rotatable bonds is 4. The quantitative estimate of drug-likeness (QED) is 0.848. The number of hydrogen-bond donors (Lipinski definition) is 1. The SMILES string of the molecule is COc1cccc(C(C)=O)c1OC1CCC(N)CC1. The number of nitrogens with two attached hydrogens (primary N) is 1. The van der Waals surface area contributed by atoms with E-state index in [4.69, 9.17) is 15.2 Å². The average molecular weight is 263 g/mol. The van der Waals surface area contributed by atoms with Gasteiger partial charge in [0.1, 0.15) is 0 Å². The molecule has 1 saturated carbocycles. The van der Waals surface area contributed by atoms with Crippen molar-refractivity contribution in [1.29, 1.82) is 0 Å². The summed E-state index contributed by atoms with van der Waals surface area (Å²) in [6.45, 7) is 1.54. The van der Waals surface area contributed by atoms with Gasteiger partial charge in [0.25, 0.3) is 0 Å². The van der Waals surface area contributed by atoms with Crippen LogP contribution in [0, 0.1) is 0 Å². The summed E-state index contributed by atoms with van der Waals surface area (Å²) in [5.74, 6) is 1.17. The lowest BCUT2D eigenvalue weighted by molar-refractivity contribution is 0.0996. The summed E-state index contributed by atoms with van der Waals surface area (Å²) >= 11 is 0. The maximum Gasteiger partial charge on any atom is 0.172 e. The highest BCUT2D eigenvalue weighted by Crippen LogP contribution is 2.34. The summed E-state index contributed by atoms with van der Waals surface area (Å²) in [5.41, 5.74) is 6.47. The van der Waals surface area contributed by atoms with Gasteiger partial charge in [-0.25, -0.2) is 0 Å². The van der Waals surface area contributed by atoms with E-state index in [2.05, 4.69) is 0 Å². The molecule has 19 heavy (non-hydrogen) atoms. The number of benzene rings is 1. The summed E-state index contributed by atoms with van der Waals surface area (Å²) in [7, 11) is 1.59. The van der Waals surface area contributed by atoms with Gasteiger partial charge < -0.3 is 15.2 Å². The van der Waals surface area contributed by atoms with Crippen LogP contribution in [0.15, 0.2) is 18.2 Å². The van der Waals surface area contributed by atoms with Gasteiger partial charge in [-0.1, -0.05) is 6.07 Å². The predicted octanol–water partition coefficient (Wildman–Crippen LogP) is 2.55. The molecule has 4 nitrogen and oxygen atoms in total. The Hall–Kier alpha value is -1.55. The molecule has 0 heterocycles. The van der Waals surface area contributed by atoms with Gasteiger partial charge in [0.15, 0.2) is 17.3 Å².